The Morgan fingerprint density at radius 3 is 2.52 bits per heavy atom. The largest absolute Gasteiger partial charge is 0.419 e. The van der Waals surface area contributed by atoms with E-state index in [1.54, 1.807) is 25.4 Å². The topological polar surface area (TPSA) is 37.0 Å². The van der Waals surface area contributed by atoms with E-state index in [-0.39, 0.29) is 5.69 Å². The van der Waals surface area contributed by atoms with E-state index in [2.05, 4.69) is 31.5 Å². The molecule has 2 aromatic carbocycles. The predicted molar refractivity (Wildman–Crippen MR) is 93.7 cm³/mol. The first-order valence-electron chi connectivity index (χ1n) is 7.19. The van der Waals surface area contributed by atoms with Crippen LogP contribution in [0.15, 0.2) is 47.1 Å². The molecule has 8 heteroatoms. The molecule has 0 amide bonds. The third-order valence-electron chi connectivity index (χ3n) is 3.64. The third-order valence-corrected chi connectivity index (χ3v) is 4.13. The molecule has 0 bridgehead atoms. The first-order valence-corrected chi connectivity index (χ1v) is 7.98. The van der Waals surface area contributed by atoms with E-state index < -0.39 is 17.6 Å². The predicted octanol–water partition coefficient (Wildman–Crippen LogP) is 5.94. The Labute approximate surface area is 149 Å². The van der Waals surface area contributed by atoms with Crippen LogP contribution < -0.4 is 10.6 Å². The lowest BCUT2D eigenvalue weighted by Gasteiger charge is -2.16. The second-order valence-corrected chi connectivity index (χ2v) is 6.19. The van der Waals surface area contributed by atoms with E-state index in [4.69, 9.17) is 0 Å². The first-order chi connectivity index (χ1) is 11.8. The van der Waals surface area contributed by atoms with Crippen LogP contribution in [-0.2, 0) is 6.18 Å². The number of halogens is 5. The number of rotatable bonds is 3. The van der Waals surface area contributed by atoms with Gasteiger partial charge in [0, 0.05) is 22.6 Å². The Balaban J connectivity index is 2.13. The molecule has 0 fully saturated rings. The van der Waals surface area contributed by atoms with Crippen LogP contribution in [0, 0.1) is 5.82 Å². The second-order valence-electron chi connectivity index (χ2n) is 5.28. The molecular weight excluding hydrogens is 402 g/mol. The van der Waals surface area contributed by atoms with Gasteiger partial charge in [0.2, 0.25) is 0 Å². The van der Waals surface area contributed by atoms with Crippen molar-refractivity contribution in [3.05, 3.63) is 58.4 Å². The van der Waals surface area contributed by atoms with Crippen molar-refractivity contribution in [3.63, 3.8) is 0 Å². The van der Waals surface area contributed by atoms with Gasteiger partial charge >= 0.3 is 6.18 Å². The van der Waals surface area contributed by atoms with Crippen LogP contribution in [0.1, 0.15) is 5.56 Å². The van der Waals surface area contributed by atoms with Crippen molar-refractivity contribution in [1.82, 2.24) is 4.98 Å². The molecule has 0 unspecified atom stereocenters. The fraction of sp³-hybridized carbons (Fsp3) is 0.118. The number of nitrogens with zero attached hydrogens (tertiary/aromatic N) is 1. The summed E-state index contributed by atoms with van der Waals surface area (Å²) in [5.41, 5.74) is 0.626. The second kappa shape index (κ2) is 6.51. The number of anilines is 3. The van der Waals surface area contributed by atoms with Gasteiger partial charge in [-0.15, -0.1) is 0 Å². The molecule has 0 aliphatic carbocycles. The zero-order valence-corrected chi connectivity index (χ0v) is 14.5. The van der Waals surface area contributed by atoms with Gasteiger partial charge in [-0.25, -0.2) is 4.39 Å². The molecule has 0 aliphatic heterocycles. The van der Waals surface area contributed by atoms with Crippen LogP contribution in [0.4, 0.5) is 34.6 Å². The fourth-order valence-corrected chi connectivity index (χ4v) is 2.81. The monoisotopic (exact) mass is 413 g/mol. The maximum absolute atomic E-state index is 13.5. The minimum atomic E-state index is -4.77. The molecule has 1 heterocycles. The van der Waals surface area contributed by atoms with Gasteiger partial charge in [0.15, 0.2) is 0 Å². The van der Waals surface area contributed by atoms with E-state index in [9.17, 15) is 17.6 Å². The summed E-state index contributed by atoms with van der Waals surface area (Å²) in [6.07, 6.45) is -3.19. The van der Waals surface area contributed by atoms with E-state index in [0.29, 0.717) is 22.3 Å². The van der Waals surface area contributed by atoms with E-state index in [1.807, 2.05) is 6.07 Å². The van der Waals surface area contributed by atoms with E-state index >= 15 is 0 Å². The molecule has 0 atom stereocenters. The van der Waals surface area contributed by atoms with E-state index in [0.717, 1.165) is 16.6 Å². The molecule has 130 valence electrons. The number of alkyl halides is 3. The van der Waals surface area contributed by atoms with Gasteiger partial charge in [-0.1, -0.05) is 15.9 Å². The number of fused-ring (bicyclic) bond motifs is 1. The van der Waals surface area contributed by atoms with Crippen molar-refractivity contribution in [3.8, 4) is 0 Å². The Hall–Kier alpha value is -2.35. The summed E-state index contributed by atoms with van der Waals surface area (Å²) in [5.74, 6) is -1.31. The summed E-state index contributed by atoms with van der Waals surface area (Å²) in [6, 6.07) is 8.21. The Kier molecular flexibility index (Phi) is 4.55. The summed E-state index contributed by atoms with van der Waals surface area (Å²) in [4.78, 5) is 4.30. The SMILES string of the molecule is CNc1cnc2ccc(Br)cc2c1Nc1ccc(F)c(C(F)(F)F)c1. The van der Waals surface area contributed by atoms with Crippen molar-refractivity contribution >= 4 is 43.9 Å². The maximum Gasteiger partial charge on any atom is 0.419 e. The van der Waals surface area contributed by atoms with Gasteiger partial charge in [0.25, 0.3) is 0 Å². The lowest BCUT2D eigenvalue weighted by molar-refractivity contribution is -0.139. The molecule has 3 aromatic rings. The number of hydrogen-bond acceptors (Lipinski definition) is 3. The molecule has 0 aliphatic rings. The first kappa shape index (κ1) is 17.5. The molecule has 1 aromatic heterocycles. The number of benzene rings is 2. The summed E-state index contributed by atoms with van der Waals surface area (Å²) < 4.78 is 53.0. The normalized spacial score (nSPS) is 11.6. The minimum Gasteiger partial charge on any atom is -0.385 e. The molecule has 25 heavy (non-hydrogen) atoms. The van der Waals surface area contributed by atoms with Crippen molar-refractivity contribution in [2.24, 2.45) is 0 Å². The highest BCUT2D eigenvalue weighted by molar-refractivity contribution is 9.10. The number of aromatic nitrogens is 1. The maximum atomic E-state index is 13.5. The summed E-state index contributed by atoms with van der Waals surface area (Å²) in [7, 11) is 1.68. The molecule has 0 saturated carbocycles. The van der Waals surface area contributed by atoms with Crippen LogP contribution in [0.2, 0.25) is 0 Å². The van der Waals surface area contributed by atoms with Crippen molar-refractivity contribution in [1.29, 1.82) is 0 Å². The highest BCUT2D eigenvalue weighted by Gasteiger charge is 2.34. The average molecular weight is 414 g/mol. The van der Waals surface area contributed by atoms with Crippen LogP contribution >= 0.6 is 15.9 Å². The van der Waals surface area contributed by atoms with Gasteiger partial charge in [0.05, 0.1) is 28.7 Å². The minimum absolute atomic E-state index is 0.123. The smallest absolute Gasteiger partial charge is 0.385 e. The number of hydrogen-bond donors (Lipinski definition) is 2. The van der Waals surface area contributed by atoms with Gasteiger partial charge < -0.3 is 10.6 Å². The zero-order chi connectivity index (χ0) is 18.2. The van der Waals surface area contributed by atoms with Crippen LogP contribution in [-0.4, -0.2) is 12.0 Å². The Bertz CT molecular complexity index is 941. The standard InChI is InChI=1S/C17H12BrF4N3/c1-23-15-8-24-14-5-2-9(18)6-11(14)16(15)25-10-3-4-13(19)12(7-10)17(20,21)22/h2-8,23H,1H3,(H,24,25). The van der Waals surface area contributed by atoms with Gasteiger partial charge in [-0.3, -0.25) is 4.98 Å². The molecular formula is C17H12BrF4N3. The van der Waals surface area contributed by atoms with Crippen molar-refractivity contribution in [2.45, 2.75) is 6.18 Å². The Morgan fingerprint density at radius 2 is 1.84 bits per heavy atom. The third kappa shape index (κ3) is 3.53. The van der Waals surface area contributed by atoms with E-state index in [1.165, 1.54) is 6.07 Å². The van der Waals surface area contributed by atoms with Gasteiger partial charge in [0.1, 0.15) is 5.82 Å². The van der Waals surface area contributed by atoms with Crippen LogP contribution in [0.3, 0.4) is 0 Å². The summed E-state index contributed by atoms with van der Waals surface area (Å²) >= 11 is 3.37. The van der Waals surface area contributed by atoms with Crippen molar-refractivity contribution < 1.29 is 17.6 Å². The van der Waals surface area contributed by atoms with Crippen LogP contribution in [0.5, 0.6) is 0 Å². The highest BCUT2D eigenvalue weighted by atomic mass is 79.9. The average Bonchev–Trinajstić information content (AvgIpc) is 2.56. The van der Waals surface area contributed by atoms with Crippen molar-refractivity contribution in [2.75, 3.05) is 17.7 Å². The van der Waals surface area contributed by atoms with Gasteiger partial charge in [-0.05, 0) is 36.4 Å². The lowest BCUT2D eigenvalue weighted by atomic mass is 10.1. The molecule has 2 N–H and O–H groups in total. The lowest BCUT2D eigenvalue weighted by Crippen LogP contribution is -2.09. The highest BCUT2D eigenvalue weighted by Crippen LogP contribution is 2.37. The molecule has 3 nitrogen and oxygen atoms in total. The Morgan fingerprint density at radius 1 is 1.08 bits per heavy atom. The molecule has 3 rings (SSSR count). The number of pyridine rings is 1. The summed E-state index contributed by atoms with van der Waals surface area (Å²) in [5, 5.41) is 6.60. The number of nitrogens with one attached hydrogen (secondary N) is 2. The van der Waals surface area contributed by atoms with Crippen LogP contribution in [0.25, 0.3) is 10.9 Å². The summed E-state index contributed by atoms with van der Waals surface area (Å²) in [6.45, 7) is 0. The molecule has 0 saturated heterocycles. The molecule has 0 spiro atoms. The molecule has 0 radical (unpaired) electrons. The quantitative estimate of drug-likeness (QED) is 0.521. The zero-order valence-electron chi connectivity index (χ0n) is 12.9. The fourth-order valence-electron chi connectivity index (χ4n) is 2.45. The van der Waals surface area contributed by atoms with Gasteiger partial charge in [-0.2, -0.15) is 13.2 Å².